The van der Waals surface area contributed by atoms with E-state index in [2.05, 4.69) is 10.3 Å². The Bertz CT molecular complexity index is 1060. The zero-order valence-electron chi connectivity index (χ0n) is 15.2. The number of pyridine rings is 1. The van der Waals surface area contributed by atoms with Crippen molar-refractivity contribution in [3.8, 4) is 17.2 Å². The second kappa shape index (κ2) is 8.20. The van der Waals surface area contributed by atoms with Crippen molar-refractivity contribution < 1.29 is 19.1 Å². The molecule has 0 spiro atoms. The van der Waals surface area contributed by atoms with Gasteiger partial charge in [-0.2, -0.15) is 0 Å². The number of carbonyl (C=O) groups is 2. The van der Waals surface area contributed by atoms with Crippen LogP contribution in [0.3, 0.4) is 0 Å². The molecule has 2 aromatic carbocycles. The van der Waals surface area contributed by atoms with Crippen LogP contribution in [0.15, 0.2) is 66.9 Å². The largest absolute Gasteiger partial charge is 0.480 e. The third-order valence-corrected chi connectivity index (χ3v) is 4.38. The molecule has 0 unspecified atom stereocenters. The lowest BCUT2D eigenvalue weighted by Crippen LogP contribution is -2.43. The van der Waals surface area contributed by atoms with E-state index >= 15 is 0 Å². The van der Waals surface area contributed by atoms with Gasteiger partial charge >= 0.3 is 0 Å². The van der Waals surface area contributed by atoms with Crippen molar-refractivity contribution in [2.24, 2.45) is 0 Å². The highest BCUT2D eigenvalue weighted by atomic mass is 35.5. The van der Waals surface area contributed by atoms with Crippen LogP contribution < -0.4 is 19.7 Å². The van der Waals surface area contributed by atoms with Crippen LogP contribution in [0.25, 0.3) is 0 Å². The first-order chi connectivity index (χ1) is 14.1. The Hall–Kier alpha value is -3.58. The van der Waals surface area contributed by atoms with Crippen molar-refractivity contribution >= 4 is 34.9 Å². The summed E-state index contributed by atoms with van der Waals surface area (Å²) in [6.07, 6.45) is 1.54. The Morgan fingerprint density at radius 1 is 1.17 bits per heavy atom. The molecule has 29 heavy (non-hydrogen) atoms. The van der Waals surface area contributed by atoms with Crippen molar-refractivity contribution in [1.29, 1.82) is 0 Å². The first-order valence-corrected chi connectivity index (χ1v) is 9.18. The quantitative estimate of drug-likeness (QED) is 0.691. The number of para-hydroxylation sites is 1. The third kappa shape index (κ3) is 4.30. The average molecular weight is 410 g/mol. The van der Waals surface area contributed by atoms with E-state index in [-0.39, 0.29) is 19.1 Å². The minimum atomic E-state index is -0.419. The number of carbonyl (C=O) groups excluding carboxylic acids is 2. The van der Waals surface area contributed by atoms with Crippen molar-refractivity contribution in [1.82, 2.24) is 4.98 Å². The number of rotatable bonds is 5. The van der Waals surface area contributed by atoms with Crippen LogP contribution in [-0.4, -0.2) is 29.9 Å². The standard InChI is InChI=1S/C21H16ClN3O4/c22-14-8-9-17(29-15-5-2-1-3-6-15)16(11-14)24-19(26)12-25-20(27)13-28-18-7-4-10-23-21(18)25/h1-11H,12-13H2,(H,24,26). The van der Waals surface area contributed by atoms with E-state index < -0.39 is 5.91 Å². The van der Waals surface area contributed by atoms with Gasteiger partial charge in [0.05, 0.1) is 5.69 Å². The van der Waals surface area contributed by atoms with Crippen molar-refractivity contribution in [2.45, 2.75) is 0 Å². The monoisotopic (exact) mass is 409 g/mol. The highest BCUT2D eigenvalue weighted by Gasteiger charge is 2.28. The van der Waals surface area contributed by atoms with Crippen LogP contribution in [-0.2, 0) is 9.59 Å². The van der Waals surface area contributed by atoms with Gasteiger partial charge in [0, 0.05) is 11.2 Å². The molecule has 8 heteroatoms. The number of aromatic nitrogens is 1. The second-order valence-electron chi connectivity index (χ2n) is 6.20. The van der Waals surface area contributed by atoms with Gasteiger partial charge in [0.25, 0.3) is 5.91 Å². The maximum atomic E-state index is 12.7. The summed E-state index contributed by atoms with van der Waals surface area (Å²) in [7, 11) is 0. The highest BCUT2D eigenvalue weighted by molar-refractivity contribution is 6.31. The Morgan fingerprint density at radius 3 is 2.83 bits per heavy atom. The van der Waals surface area contributed by atoms with E-state index in [1.807, 2.05) is 18.2 Å². The minimum Gasteiger partial charge on any atom is -0.480 e. The molecule has 1 aliphatic rings. The molecule has 2 amide bonds. The highest BCUT2D eigenvalue weighted by Crippen LogP contribution is 2.33. The molecule has 0 saturated carbocycles. The molecule has 0 atom stereocenters. The maximum absolute atomic E-state index is 12.7. The number of anilines is 2. The van der Waals surface area contributed by atoms with E-state index in [4.69, 9.17) is 21.1 Å². The molecule has 1 aliphatic heterocycles. The van der Waals surface area contributed by atoms with Gasteiger partial charge < -0.3 is 14.8 Å². The van der Waals surface area contributed by atoms with Gasteiger partial charge in [0.15, 0.2) is 23.9 Å². The third-order valence-electron chi connectivity index (χ3n) is 4.15. The zero-order chi connectivity index (χ0) is 20.2. The lowest BCUT2D eigenvalue weighted by Gasteiger charge is -2.27. The number of hydrogen-bond donors (Lipinski definition) is 1. The molecule has 1 N–H and O–H groups in total. The maximum Gasteiger partial charge on any atom is 0.266 e. The summed E-state index contributed by atoms with van der Waals surface area (Å²) in [6.45, 7) is -0.366. The number of fused-ring (bicyclic) bond motifs is 1. The lowest BCUT2D eigenvalue weighted by atomic mass is 10.2. The molecule has 2 heterocycles. The van der Waals surface area contributed by atoms with Gasteiger partial charge in [0.2, 0.25) is 5.91 Å². The number of halogens is 1. The van der Waals surface area contributed by atoms with Gasteiger partial charge in [-0.1, -0.05) is 29.8 Å². The molecule has 1 aromatic heterocycles. The predicted molar refractivity (Wildman–Crippen MR) is 109 cm³/mol. The summed E-state index contributed by atoms with van der Waals surface area (Å²) in [4.78, 5) is 30.4. The Kier molecular flexibility index (Phi) is 5.31. The van der Waals surface area contributed by atoms with Gasteiger partial charge in [-0.15, -0.1) is 0 Å². The molecule has 0 saturated heterocycles. The Balaban J connectivity index is 1.53. The van der Waals surface area contributed by atoms with Crippen LogP contribution in [0.4, 0.5) is 11.5 Å². The number of nitrogens with zero attached hydrogens (tertiary/aromatic N) is 2. The summed E-state index contributed by atoms with van der Waals surface area (Å²) >= 11 is 6.09. The van der Waals surface area contributed by atoms with E-state index in [1.165, 1.54) is 11.1 Å². The number of amides is 2. The number of benzene rings is 2. The van der Waals surface area contributed by atoms with Crippen LogP contribution in [0, 0.1) is 0 Å². The average Bonchev–Trinajstić information content (AvgIpc) is 2.73. The first-order valence-electron chi connectivity index (χ1n) is 8.80. The topological polar surface area (TPSA) is 80.8 Å². The fraction of sp³-hybridized carbons (Fsp3) is 0.0952. The normalized spacial score (nSPS) is 12.7. The molecule has 146 valence electrons. The second-order valence-corrected chi connectivity index (χ2v) is 6.63. The summed E-state index contributed by atoms with van der Waals surface area (Å²) < 4.78 is 11.2. The van der Waals surface area contributed by atoms with Gasteiger partial charge in [-0.05, 0) is 42.5 Å². The predicted octanol–water partition coefficient (Wildman–Crippen LogP) is 3.89. The number of nitrogens with one attached hydrogen (secondary N) is 1. The molecule has 0 radical (unpaired) electrons. The summed E-state index contributed by atoms with van der Waals surface area (Å²) in [5.41, 5.74) is 0.397. The molecule has 0 bridgehead atoms. The van der Waals surface area contributed by atoms with Crippen molar-refractivity contribution in [2.75, 3.05) is 23.4 Å². The Labute approximate surface area is 171 Å². The number of ether oxygens (including phenoxy) is 2. The van der Waals surface area contributed by atoms with Crippen LogP contribution in [0.5, 0.6) is 17.2 Å². The summed E-state index contributed by atoms with van der Waals surface area (Å²) in [6, 6.07) is 17.5. The molecule has 3 aromatic rings. The summed E-state index contributed by atoms with van der Waals surface area (Å²) in [5, 5.41) is 3.20. The van der Waals surface area contributed by atoms with Crippen LogP contribution >= 0.6 is 11.6 Å². The molecular formula is C21H16ClN3O4. The number of hydrogen-bond acceptors (Lipinski definition) is 5. The molecular weight excluding hydrogens is 394 g/mol. The lowest BCUT2D eigenvalue weighted by molar-refractivity contribution is -0.123. The van der Waals surface area contributed by atoms with E-state index in [9.17, 15) is 9.59 Å². The molecule has 4 rings (SSSR count). The molecule has 0 fully saturated rings. The molecule has 7 nitrogen and oxygen atoms in total. The SMILES string of the molecule is O=C(CN1C(=O)COc2cccnc21)Nc1cc(Cl)ccc1Oc1ccccc1. The minimum absolute atomic E-state index is 0.147. The molecule has 0 aliphatic carbocycles. The first kappa shape index (κ1) is 18.8. The van der Waals surface area contributed by atoms with E-state index in [0.717, 1.165) is 0 Å². The van der Waals surface area contributed by atoms with Gasteiger partial charge in [-0.25, -0.2) is 4.98 Å². The van der Waals surface area contributed by atoms with E-state index in [1.54, 1.807) is 42.5 Å². The smallest absolute Gasteiger partial charge is 0.266 e. The van der Waals surface area contributed by atoms with Crippen LogP contribution in [0.2, 0.25) is 5.02 Å². The fourth-order valence-electron chi connectivity index (χ4n) is 2.83. The van der Waals surface area contributed by atoms with Crippen LogP contribution in [0.1, 0.15) is 0 Å². The van der Waals surface area contributed by atoms with Crippen molar-refractivity contribution in [3.05, 3.63) is 71.9 Å². The zero-order valence-corrected chi connectivity index (χ0v) is 15.9. The van der Waals surface area contributed by atoms with Gasteiger partial charge in [-0.3, -0.25) is 14.5 Å². The fourth-order valence-corrected chi connectivity index (χ4v) is 3.01. The van der Waals surface area contributed by atoms with Crippen molar-refractivity contribution in [3.63, 3.8) is 0 Å². The Morgan fingerprint density at radius 2 is 2.00 bits per heavy atom. The van der Waals surface area contributed by atoms with E-state index in [0.29, 0.717) is 33.8 Å². The van der Waals surface area contributed by atoms with Gasteiger partial charge in [0.1, 0.15) is 12.3 Å². The summed E-state index contributed by atoms with van der Waals surface area (Å²) in [5.74, 6) is 1.05.